The van der Waals surface area contributed by atoms with Crippen molar-refractivity contribution >= 4 is 11.4 Å². The molecule has 22 heavy (non-hydrogen) atoms. The van der Waals surface area contributed by atoms with Crippen LogP contribution in [0.15, 0.2) is 69.6 Å². The maximum Gasteiger partial charge on any atom is 0.292 e. The Balaban J connectivity index is 2.04. The van der Waals surface area contributed by atoms with E-state index in [1.54, 1.807) is 24.3 Å². The van der Waals surface area contributed by atoms with Crippen LogP contribution in [0.5, 0.6) is 0 Å². The summed E-state index contributed by atoms with van der Waals surface area (Å²) in [6.07, 6.45) is 0. The molecule has 6 heteroatoms. The molecular formula is C16H11N5O. The molecule has 0 unspecified atom stereocenters. The van der Waals surface area contributed by atoms with Crippen LogP contribution in [-0.4, -0.2) is 10.2 Å². The van der Waals surface area contributed by atoms with Crippen LogP contribution < -0.4 is 5.56 Å². The maximum absolute atomic E-state index is 11.9. The van der Waals surface area contributed by atoms with E-state index >= 15 is 0 Å². The second-order valence-electron chi connectivity index (χ2n) is 4.50. The number of aromatic amines is 2. The fourth-order valence-electron chi connectivity index (χ4n) is 2.02. The molecule has 0 fully saturated rings. The van der Waals surface area contributed by atoms with Gasteiger partial charge in [0.05, 0.1) is 11.3 Å². The summed E-state index contributed by atoms with van der Waals surface area (Å²) >= 11 is 0. The molecule has 3 aromatic rings. The summed E-state index contributed by atoms with van der Waals surface area (Å²) < 4.78 is 0. The molecule has 2 N–H and O–H groups in total. The maximum atomic E-state index is 11.9. The van der Waals surface area contributed by atoms with Gasteiger partial charge in [-0.1, -0.05) is 42.5 Å². The molecule has 106 valence electrons. The first-order valence-corrected chi connectivity index (χ1v) is 6.56. The van der Waals surface area contributed by atoms with Gasteiger partial charge in [-0.05, 0) is 12.1 Å². The van der Waals surface area contributed by atoms with Crippen LogP contribution in [0.2, 0.25) is 0 Å². The van der Waals surface area contributed by atoms with E-state index in [4.69, 9.17) is 5.26 Å². The summed E-state index contributed by atoms with van der Waals surface area (Å²) in [5.74, 6) is 0. The molecule has 0 aliphatic heterocycles. The van der Waals surface area contributed by atoms with Gasteiger partial charge >= 0.3 is 0 Å². The number of hydrogen-bond donors (Lipinski definition) is 2. The van der Waals surface area contributed by atoms with Gasteiger partial charge in [0.1, 0.15) is 11.8 Å². The summed E-state index contributed by atoms with van der Waals surface area (Å²) in [5, 5.41) is 22.4. The molecule has 0 aliphatic rings. The van der Waals surface area contributed by atoms with Crippen LogP contribution in [-0.2, 0) is 0 Å². The van der Waals surface area contributed by atoms with Crippen molar-refractivity contribution in [3.63, 3.8) is 0 Å². The van der Waals surface area contributed by atoms with E-state index in [0.717, 1.165) is 5.56 Å². The molecule has 1 aromatic heterocycles. The largest absolute Gasteiger partial charge is 0.295 e. The van der Waals surface area contributed by atoms with Gasteiger partial charge in [0.2, 0.25) is 0 Å². The van der Waals surface area contributed by atoms with Gasteiger partial charge in [-0.15, -0.1) is 10.2 Å². The fourth-order valence-corrected chi connectivity index (χ4v) is 2.02. The van der Waals surface area contributed by atoms with Crippen molar-refractivity contribution in [3.05, 3.63) is 70.5 Å². The summed E-state index contributed by atoms with van der Waals surface area (Å²) in [6.45, 7) is 0. The van der Waals surface area contributed by atoms with Crippen molar-refractivity contribution in [2.75, 3.05) is 0 Å². The zero-order valence-electron chi connectivity index (χ0n) is 11.4. The topological polar surface area (TPSA) is 97.2 Å². The second kappa shape index (κ2) is 5.89. The normalized spacial score (nSPS) is 10.7. The molecule has 3 rings (SSSR count). The predicted molar refractivity (Wildman–Crippen MR) is 82.2 cm³/mol. The van der Waals surface area contributed by atoms with Gasteiger partial charge in [0.15, 0.2) is 5.69 Å². The highest BCUT2D eigenvalue weighted by Gasteiger charge is 2.11. The van der Waals surface area contributed by atoms with E-state index in [2.05, 4.69) is 20.4 Å². The number of azo groups is 1. The van der Waals surface area contributed by atoms with Crippen LogP contribution in [0.1, 0.15) is 5.56 Å². The van der Waals surface area contributed by atoms with Gasteiger partial charge in [-0.3, -0.25) is 15.0 Å². The Morgan fingerprint density at radius 3 is 2.41 bits per heavy atom. The molecule has 0 radical (unpaired) electrons. The van der Waals surface area contributed by atoms with E-state index in [9.17, 15) is 4.79 Å². The Kier molecular flexibility index (Phi) is 3.62. The number of nitrogens with zero attached hydrogens (tertiary/aromatic N) is 3. The van der Waals surface area contributed by atoms with Crippen molar-refractivity contribution in [1.29, 1.82) is 5.26 Å². The van der Waals surface area contributed by atoms with E-state index < -0.39 is 0 Å². The summed E-state index contributed by atoms with van der Waals surface area (Å²) in [6, 6.07) is 18.2. The predicted octanol–water partition coefficient (Wildman–Crippen LogP) is 3.66. The quantitative estimate of drug-likeness (QED) is 0.719. The molecule has 6 nitrogen and oxygen atoms in total. The third kappa shape index (κ3) is 2.55. The highest BCUT2D eigenvalue weighted by Crippen LogP contribution is 2.27. The Bertz CT molecular complexity index is 915. The van der Waals surface area contributed by atoms with Crippen LogP contribution in [0.3, 0.4) is 0 Å². The minimum Gasteiger partial charge on any atom is -0.295 e. The molecule has 0 saturated heterocycles. The first-order valence-electron chi connectivity index (χ1n) is 6.56. The third-order valence-electron chi connectivity index (χ3n) is 3.10. The van der Waals surface area contributed by atoms with Crippen molar-refractivity contribution in [2.45, 2.75) is 0 Å². The molecule has 0 saturated carbocycles. The van der Waals surface area contributed by atoms with Gasteiger partial charge in [0.25, 0.3) is 5.56 Å². The van der Waals surface area contributed by atoms with Crippen molar-refractivity contribution < 1.29 is 0 Å². The Labute approximate surface area is 125 Å². The SMILES string of the molecule is N#Cc1ccccc1N=Nc1c(-c2ccccc2)[nH][nH]c1=O. The zero-order chi connectivity index (χ0) is 15.4. The van der Waals surface area contributed by atoms with Crippen LogP contribution in [0.4, 0.5) is 11.4 Å². The lowest BCUT2D eigenvalue weighted by atomic mass is 10.1. The van der Waals surface area contributed by atoms with Crippen LogP contribution >= 0.6 is 0 Å². The molecule has 0 aliphatic carbocycles. The number of aromatic nitrogens is 2. The third-order valence-corrected chi connectivity index (χ3v) is 3.10. The lowest BCUT2D eigenvalue weighted by Gasteiger charge is -1.98. The zero-order valence-corrected chi connectivity index (χ0v) is 11.4. The van der Waals surface area contributed by atoms with Gasteiger partial charge in [-0.2, -0.15) is 5.26 Å². The standard InChI is InChI=1S/C16H11N5O/c17-10-12-8-4-5-9-13(12)18-20-15-14(19-21-16(15)22)11-6-2-1-3-7-11/h1-9H,(H2,19,21,22). The number of rotatable bonds is 3. The molecule has 0 spiro atoms. The number of benzene rings is 2. The summed E-state index contributed by atoms with van der Waals surface area (Å²) in [4.78, 5) is 11.9. The van der Waals surface area contributed by atoms with Crippen LogP contribution in [0.25, 0.3) is 11.3 Å². The van der Waals surface area contributed by atoms with Gasteiger partial charge < -0.3 is 0 Å². The smallest absolute Gasteiger partial charge is 0.292 e. The minimum atomic E-state index is -0.364. The lowest BCUT2D eigenvalue weighted by Crippen LogP contribution is -1.96. The van der Waals surface area contributed by atoms with E-state index in [0.29, 0.717) is 16.9 Å². The highest BCUT2D eigenvalue weighted by atomic mass is 16.1. The van der Waals surface area contributed by atoms with Crippen molar-refractivity contribution in [2.24, 2.45) is 10.2 Å². The number of H-pyrrole nitrogens is 2. The fraction of sp³-hybridized carbons (Fsp3) is 0. The minimum absolute atomic E-state index is 0.180. The van der Waals surface area contributed by atoms with Gasteiger partial charge in [0, 0.05) is 5.56 Å². The van der Waals surface area contributed by atoms with E-state index in [1.165, 1.54) is 0 Å². The highest BCUT2D eigenvalue weighted by molar-refractivity contribution is 5.71. The average molecular weight is 289 g/mol. The molecule has 0 bridgehead atoms. The molecule has 1 heterocycles. The van der Waals surface area contributed by atoms with E-state index in [-0.39, 0.29) is 11.2 Å². The monoisotopic (exact) mass is 289 g/mol. The Hall–Kier alpha value is -3.46. The Morgan fingerprint density at radius 2 is 1.64 bits per heavy atom. The van der Waals surface area contributed by atoms with Gasteiger partial charge in [-0.25, -0.2) is 0 Å². The number of nitrogens with one attached hydrogen (secondary N) is 2. The van der Waals surface area contributed by atoms with E-state index in [1.807, 2.05) is 36.4 Å². The number of hydrogen-bond acceptors (Lipinski definition) is 4. The summed E-state index contributed by atoms with van der Waals surface area (Å²) in [5.41, 5.74) is 2.02. The second-order valence-corrected chi connectivity index (χ2v) is 4.50. The summed E-state index contributed by atoms with van der Waals surface area (Å²) in [7, 11) is 0. The number of nitriles is 1. The molecule has 0 amide bonds. The molecule has 0 atom stereocenters. The molecular weight excluding hydrogens is 278 g/mol. The van der Waals surface area contributed by atoms with Crippen molar-refractivity contribution in [3.8, 4) is 17.3 Å². The molecule has 2 aromatic carbocycles. The first-order chi connectivity index (χ1) is 10.8. The van der Waals surface area contributed by atoms with Crippen molar-refractivity contribution in [1.82, 2.24) is 10.2 Å². The average Bonchev–Trinajstić information content (AvgIpc) is 2.95. The Morgan fingerprint density at radius 1 is 0.909 bits per heavy atom. The first kappa shape index (κ1) is 13.5. The lowest BCUT2D eigenvalue weighted by molar-refractivity contribution is 1.06. The van der Waals surface area contributed by atoms with Crippen LogP contribution in [0, 0.1) is 11.3 Å².